The summed E-state index contributed by atoms with van der Waals surface area (Å²) in [6.07, 6.45) is 1.17. The van der Waals surface area contributed by atoms with Crippen molar-refractivity contribution in [3.8, 4) is 0 Å². The molecule has 0 saturated carbocycles. The van der Waals surface area contributed by atoms with Crippen molar-refractivity contribution in [1.29, 1.82) is 0 Å². The summed E-state index contributed by atoms with van der Waals surface area (Å²) in [4.78, 5) is 14.4. The third-order valence-electron chi connectivity index (χ3n) is 4.40. The molecule has 1 amide bonds. The van der Waals surface area contributed by atoms with E-state index in [0.29, 0.717) is 23.6 Å². The quantitative estimate of drug-likeness (QED) is 0.841. The number of carbonyl (C=O) groups excluding carboxylic acids is 1. The minimum Gasteiger partial charge on any atom is -0.399 e. The molecule has 0 aliphatic carbocycles. The average Bonchev–Trinajstić information content (AvgIpc) is 2.82. The van der Waals surface area contributed by atoms with Crippen LogP contribution >= 0.6 is 0 Å². The zero-order valence-corrected chi connectivity index (χ0v) is 13.6. The van der Waals surface area contributed by atoms with E-state index in [4.69, 9.17) is 5.73 Å². The Morgan fingerprint density at radius 1 is 1.43 bits per heavy atom. The van der Waals surface area contributed by atoms with Crippen LogP contribution in [-0.2, 0) is 4.79 Å². The van der Waals surface area contributed by atoms with Crippen LogP contribution in [0, 0.1) is 18.3 Å². The first-order valence-electron chi connectivity index (χ1n) is 7.64. The Morgan fingerprint density at radius 3 is 2.76 bits per heavy atom. The summed E-state index contributed by atoms with van der Waals surface area (Å²) in [6, 6.07) is 5.59. The highest BCUT2D eigenvalue weighted by Crippen LogP contribution is 2.33. The van der Waals surface area contributed by atoms with Gasteiger partial charge in [-0.3, -0.25) is 9.69 Å². The smallest absolute Gasteiger partial charge is 0.238 e. The molecule has 2 rings (SSSR count). The Balaban J connectivity index is 1.90. The minimum atomic E-state index is 0.0401. The van der Waals surface area contributed by atoms with Gasteiger partial charge in [-0.1, -0.05) is 26.8 Å². The Labute approximate surface area is 127 Å². The highest BCUT2D eigenvalue weighted by atomic mass is 16.2. The molecule has 1 aromatic rings. The molecule has 116 valence electrons. The Morgan fingerprint density at radius 2 is 2.14 bits per heavy atom. The van der Waals surface area contributed by atoms with Gasteiger partial charge in [0.2, 0.25) is 5.91 Å². The molecule has 0 spiro atoms. The average molecular weight is 289 g/mol. The molecular formula is C17H27N3O. The number of nitrogens with one attached hydrogen (secondary N) is 1. The van der Waals surface area contributed by atoms with Crippen molar-refractivity contribution in [2.45, 2.75) is 34.1 Å². The highest BCUT2D eigenvalue weighted by molar-refractivity contribution is 5.93. The number of carbonyl (C=O) groups is 1. The number of aryl methyl sites for hydroxylation is 1. The van der Waals surface area contributed by atoms with E-state index >= 15 is 0 Å². The number of hydrogen-bond donors (Lipinski definition) is 2. The lowest BCUT2D eigenvalue weighted by atomic mass is 9.80. The van der Waals surface area contributed by atoms with E-state index in [0.717, 1.165) is 24.3 Å². The van der Waals surface area contributed by atoms with Crippen molar-refractivity contribution in [1.82, 2.24) is 4.90 Å². The Bertz CT molecular complexity index is 519. The van der Waals surface area contributed by atoms with Crippen LogP contribution in [0.2, 0.25) is 0 Å². The summed E-state index contributed by atoms with van der Waals surface area (Å²) < 4.78 is 0. The van der Waals surface area contributed by atoms with Crippen LogP contribution < -0.4 is 11.1 Å². The van der Waals surface area contributed by atoms with E-state index in [-0.39, 0.29) is 5.91 Å². The van der Waals surface area contributed by atoms with Gasteiger partial charge in [-0.05, 0) is 48.9 Å². The monoisotopic (exact) mass is 289 g/mol. The van der Waals surface area contributed by atoms with Gasteiger partial charge in [0, 0.05) is 17.9 Å². The van der Waals surface area contributed by atoms with Crippen molar-refractivity contribution in [2.75, 3.05) is 30.7 Å². The fourth-order valence-corrected chi connectivity index (χ4v) is 2.85. The predicted molar refractivity (Wildman–Crippen MR) is 88.2 cm³/mol. The second kappa shape index (κ2) is 6.06. The summed E-state index contributed by atoms with van der Waals surface area (Å²) in [6.45, 7) is 11.3. The fourth-order valence-electron chi connectivity index (χ4n) is 2.85. The van der Waals surface area contributed by atoms with E-state index < -0.39 is 0 Å². The molecule has 1 fully saturated rings. The van der Waals surface area contributed by atoms with Crippen molar-refractivity contribution < 1.29 is 4.79 Å². The molecule has 0 aromatic heterocycles. The first-order valence-corrected chi connectivity index (χ1v) is 7.64. The van der Waals surface area contributed by atoms with Gasteiger partial charge in [0.05, 0.1) is 6.54 Å². The molecule has 1 aromatic carbocycles. The molecule has 1 atom stereocenters. The zero-order chi connectivity index (χ0) is 15.6. The normalized spacial score (nSPS) is 19.7. The summed E-state index contributed by atoms with van der Waals surface area (Å²) >= 11 is 0. The summed E-state index contributed by atoms with van der Waals surface area (Å²) in [5.41, 5.74) is 8.60. The highest BCUT2D eigenvalue weighted by Gasteiger charge is 2.32. The molecule has 1 saturated heterocycles. The van der Waals surface area contributed by atoms with Crippen molar-refractivity contribution in [3.63, 3.8) is 0 Å². The number of likely N-dealkylation sites (tertiary alicyclic amines) is 1. The number of nitrogen functional groups attached to an aromatic ring is 1. The fraction of sp³-hybridized carbons (Fsp3) is 0.588. The maximum atomic E-state index is 12.2. The van der Waals surface area contributed by atoms with Crippen molar-refractivity contribution in [3.05, 3.63) is 23.8 Å². The standard InChI is InChI=1S/C17H27N3O/c1-12-5-6-14(18)9-15(12)19-16(21)11-20-8-7-13(10-20)17(2,3)4/h5-6,9,13H,7-8,10-11,18H2,1-4H3,(H,19,21). The molecule has 1 aliphatic rings. The number of benzene rings is 1. The molecular weight excluding hydrogens is 262 g/mol. The van der Waals surface area contributed by atoms with Gasteiger partial charge in [0.1, 0.15) is 0 Å². The van der Waals surface area contributed by atoms with Gasteiger partial charge >= 0.3 is 0 Å². The topological polar surface area (TPSA) is 58.4 Å². The number of amides is 1. The maximum Gasteiger partial charge on any atom is 0.238 e. The summed E-state index contributed by atoms with van der Waals surface area (Å²) in [5, 5.41) is 2.97. The van der Waals surface area contributed by atoms with Gasteiger partial charge in [0.15, 0.2) is 0 Å². The summed E-state index contributed by atoms with van der Waals surface area (Å²) in [7, 11) is 0. The van der Waals surface area contributed by atoms with Crippen molar-refractivity contribution in [2.24, 2.45) is 11.3 Å². The molecule has 3 N–H and O–H groups in total. The SMILES string of the molecule is Cc1ccc(N)cc1NC(=O)CN1CCC(C(C)(C)C)C1. The van der Waals surface area contributed by atoms with Crippen LogP contribution in [-0.4, -0.2) is 30.4 Å². The molecule has 21 heavy (non-hydrogen) atoms. The minimum absolute atomic E-state index is 0.0401. The molecule has 0 bridgehead atoms. The van der Waals surface area contributed by atoms with Crippen LogP contribution in [0.25, 0.3) is 0 Å². The van der Waals surface area contributed by atoms with Crippen LogP contribution in [0.4, 0.5) is 11.4 Å². The van der Waals surface area contributed by atoms with Crippen LogP contribution in [0.3, 0.4) is 0 Å². The number of anilines is 2. The van der Waals surface area contributed by atoms with E-state index in [1.807, 2.05) is 25.1 Å². The van der Waals surface area contributed by atoms with E-state index in [2.05, 4.69) is 31.0 Å². The van der Waals surface area contributed by atoms with Gasteiger partial charge in [-0.25, -0.2) is 0 Å². The molecule has 1 unspecified atom stereocenters. The van der Waals surface area contributed by atoms with Crippen molar-refractivity contribution >= 4 is 17.3 Å². The molecule has 1 aliphatic heterocycles. The third kappa shape index (κ3) is 4.21. The first-order chi connectivity index (χ1) is 9.75. The lowest BCUT2D eigenvalue weighted by molar-refractivity contribution is -0.117. The molecule has 4 heteroatoms. The Hall–Kier alpha value is -1.55. The van der Waals surface area contributed by atoms with Crippen LogP contribution in [0.5, 0.6) is 0 Å². The van der Waals surface area contributed by atoms with Crippen LogP contribution in [0.15, 0.2) is 18.2 Å². The van der Waals surface area contributed by atoms with Gasteiger partial charge in [0.25, 0.3) is 0 Å². The van der Waals surface area contributed by atoms with E-state index in [9.17, 15) is 4.79 Å². The lowest BCUT2D eigenvalue weighted by Crippen LogP contribution is -2.33. The predicted octanol–water partition coefficient (Wildman–Crippen LogP) is 2.88. The Kier molecular flexibility index (Phi) is 4.57. The molecule has 0 radical (unpaired) electrons. The third-order valence-corrected chi connectivity index (χ3v) is 4.40. The second-order valence-electron chi connectivity index (χ2n) is 7.21. The largest absolute Gasteiger partial charge is 0.399 e. The van der Waals surface area contributed by atoms with E-state index in [1.54, 1.807) is 0 Å². The first kappa shape index (κ1) is 15.8. The number of rotatable bonds is 3. The second-order valence-corrected chi connectivity index (χ2v) is 7.21. The van der Waals surface area contributed by atoms with E-state index in [1.165, 1.54) is 6.42 Å². The zero-order valence-electron chi connectivity index (χ0n) is 13.6. The number of hydrogen-bond acceptors (Lipinski definition) is 3. The molecule has 4 nitrogen and oxygen atoms in total. The summed E-state index contributed by atoms with van der Waals surface area (Å²) in [5.74, 6) is 0.706. The number of nitrogens with zero attached hydrogens (tertiary/aromatic N) is 1. The number of nitrogens with two attached hydrogens (primary N) is 1. The van der Waals surface area contributed by atoms with Gasteiger partial charge < -0.3 is 11.1 Å². The van der Waals surface area contributed by atoms with Gasteiger partial charge in [-0.2, -0.15) is 0 Å². The van der Waals surface area contributed by atoms with Crippen LogP contribution in [0.1, 0.15) is 32.8 Å². The maximum absolute atomic E-state index is 12.2. The lowest BCUT2D eigenvalue weighted by Gasteiger charge is -2.27. The van der Waals surface area contributed by atoms with Gasteiger partial charge in [-0.15, -0.1) is 0 Å². The molecule has 1 heterocycles.